The van der Waals surface area contributed by atoms with Gasteiger partial charge in [-0.05, 0) is 19.8 Å². The van der Waals surface area contributed by atoms with Crippen LogP contribution in [0.3, 0.4) is 0 Å². The third-order valence-electron chi connectivity index (χ3n) is 1.66. The molecule has 0 aromatic heterocycles. The van der Waals surface area contributed by atoms with Crippen LogP contribution in [0.15, 0.2) is 0 Å². The molecule has 0 aromatic rings. The maximum Gasteiger partial charge on any atom is 0.0601 e. The Labute approximate surface area is 58.4 Å². The molecule has 1 nitrogen and oxygen atoms in total. The van der Waals surface area contributed by atoms with Crippen molar-refractivity contribution in [2.75, 3.05) is 6.61 Å². The van der Waals surface area contributed by atoms with Gasteiger partial charge in [-0.2, -0.15) is 0 Å². The minimum Gasteiger partial charge on any atom is -0.378 e. The quantitative estimate of drug-likeness (QED) is 0.565. The molecule has 55 valence electrons. The number of hydrogen-bond donors (Lipinski definition) is 0. The topological polar surface area (TPSA) is 9.23 Å². The lowest BCUT2D eigenvalue weighted by atomic mass is 10.0. The Morgan fingerprint density at radius 1 is 1.44 bits per heavy atom. The van der Waals surface area contributed by atoms with Crippen molar-refractivity contribution in [2.24, 2.45) is 5.92 Å². The van der Waals surface area contributed by atoms with Crippen LogP contribution < -0.4 is 0 Å². The summed E-state index contributed by atoms with van der Waals surface area (Å²) in [4.78, 5) is 0. The first-order valence-electron chi connectivity index (χ1n) is 3.67. The van der Waals surface area contributed by atoms with Gasteiger partial charge in [0.05, 0.1) is 6.10 Å². The fraction of sp³-hybridized carbons (Fsp3) is 0.875. The van der Waals surface area contributed by atoms with Crippen LogP contribution in [-0.2, 0) is 4.74 Å². The first-order valence-corrected chi connectivity index (χ1v) is 3.67. The van der Waals surface area contributed by atoms with E-state index < -0.39 is 0 Å². The Morgan fingerprint density at radius 3 is 2.33 bits per heavy atom. The van der Waals surface area contributed by atoms with Gasteiger partial charge < -0.3 is 4.74 Å². The molecule has 1 radical (unpaired) electrons. The Bertz CT molecular complexity index is 61.6. The lowest BCUT2D eigenvalue weighted by Crippen LogP contribution is -2.17. The van der Waals surface area contributed by atoms with E-state index in [0.717, 1.165) is 13.0 Å². The van der Waals surface area contributed by atoms with Gasteiger partial charge in [0, 0.05) is 6.61 Å². The van der Waals surface area contributed by atoms with Gasteiger partial charge in [0.2, 0.25) is 0 Å². The molecule has 0 aliphatic rings. The Balaban J connectivity index is 3.32. The lowest BCUT2D eigenvalue weighted by molar-refractivity contribution is 0.0560. The molecule has 0 aliphatic heterocycles. The van der Waals surface area contributed by atoms with Crippen molar-refractivity contribution >= 4 is 0 Å². The van der Waals surface area contributed by atoms with Crippen molar-refractivity contribution in [1.82, 2.24) is 0 Å². The summed E-state index contributed by atoms with van der Waals surface area (Å²) in [6, 6.07) is 0. The fourth-order valence-electron chi connectivity index (χ4n) is 0.641. The zero-order chi connectivity index (χ0) is 7.28. The van der Waals surface area contributed by atoms with E-state index in [2.05, 4.69) is 20.8 Å². The zero-order valence-corrected chi connectivity index (χ0v) is 6.68. The summed E-state index contributed by atoms with van der Waals surface area (Å²) in [5.41, 5.74) is 0. The zero-order valence-electron chi connectivity index (χ0n) is 6.68. The molecular formula is C8H17O. The van der Waals surface area contributed by atoms with Crippen LogP contribution in [0.5, 0.6) is 0 Å². The first-order chi connectivity index (χ1) is 4.22. The molecule has 0 saturated heterocycles. The van der Waals surface area contributed by atoms with Gasteiger partial charge in [0.1, 0.15) is 0 Å². The molecular weight excluding hydrogens is 112 g/mol. The second-order valence-corrected chi connectivity index (χ2v) is 2.38. The monoisotopic (exact) mass is 129 g/mol. The molecule has 0 N–H and O–H groups in total. The Hall–Kier alpha value is -0.0400. The predicted molar refractivity (Wildman–Crippen MR) is 40.2 cm³/mol. The summed E-state index contributed by atoms with van der Waals surface area (Å²) in [5, 5.41) is 0. The summed E-state index contributed by atoms with van der Waals surface area (Å²) < 4.78 is 5.28. The van der Waals surface area contributed by atoms with E-state index >= 15 is 0 Å². The highest BCUT2D eigenvalue weighted by Gasteiger charge is 2.08. The third kappa shape index (κ3) is 3.52. The highest BCUT2D eigenvalue weighted by atomic mass is 16.5. The van der Waals surface area contributed by atoms with Crippen molar-refractivity contribution < 1.29 is 4.74 Å². The summed E-state index contributed by atoms with van der Waals surface area (Å²) in [7, 11) is 0. The fourth-order valence-corrected chi connectivity index (χ4v) is 0.641. The normalized spacial score (nSPS) is 17.3. The predicted octanol–water partition coefficient (Wildman–Crippen LogP) is 2.27. The molecule has 0 rings (SSSR count). The summed E-state index contributed by atoms with van der Waals surface area (Å²) in [6.07, 6.45) is 1.33. The van der Waals surface area contributed by atoms with E-state index in [1.165, 1.54) is 0 Å². The lowest BCUT2D eigenvalue weighted by Gasteiger charge is -2.17. The molecule has 0 amide bonds. The van der Waals surface area contributed by atoms with E-state index in [9.17, 15) is 0 Å². The van der Waals surface area contributed by atoms with Crippen molar-refractivity contribution in [3.63, 3.8) is 0 Å². The largest absolute Gasteiger partial charge is 0.378 e. The standard InChI is InChI=1S/C8H17O/c1-5-7(3)8(4)9-6-2/h7-8H,4-6H2,1-3H3. The van der Waals surface area contributed by atoms with Gasteiger partial charge in [-0.25, -0.2) is 0 Å². The molecule has 0 bridgehead atoms. The van der Waals surface area contributed by atoms with Crippen molar-refractivity contribution in [3.05, 3.63) is 6.92 Å². The Kier molecular flexibility index (Phi) is 4.78. The van der Waals surface area contributed by atoms with E-state index in [1.54, 1.807) is 0 Å². The SMILES string of the molecule is [CH2]C(OCC)C(C)CC. The highest BCUT2D eigenvalue weighted by molar-refractivity contribution is 4.66. The molecule has 0 saturated carbocycles. The van der Waals surface area contributed by atoms with E-state index in [4.69, 9.17) is 4.74 Å². The van der Waals surface area contributed by atoms with Crippen LogP contribution in [0.2, 0.25) is 0 Å². The van der Waals surface area contributed by atoms with Crippen molar-refractivity contribution in [3.8, 4) is 0 Å². The van der Waals surface area contributed by atoms with Gasteiger partial charge in [-0.1, -0.05) is 20.3 Å². The minimum absolute atomic E-state index is 0.181. The number of ether oxygens (including phenoxy) is 1. The maximum absolute atomic E-state index is 5.28. The third-order valence-corrected chi connectivity index (χ3v) is 1.66. The first kappa shape index (κ1) is 8.96. The molecule has 2 unspecified atom stereocenters. The average Bonchev–Trinajstić information content (AvgIpc) is 1.87. The number of hydrogen-bond acceptors (Lipinski definition) is 1. The summed E-state index contributed by atoms with van der Waals surface area (Å²) >= 11 is 0. The van der Waals surface area contributed by atoms with Crippen molar-refractivity contribution in [1.29, 1.82) is 0 Å². The molecule has 2 atom stereocenters. The smallest absolute Gasteiger partial charge is 0.0601 e. The van der Waals surface area contributed by atoms with Gasteiger partial charge >= 0.3 is 0 Å². The molecule has 0 aromatic carbocycles. The average molecular weight is 129 g/mol. The molecule has 9 heavy (non-hydrogen) atoms. The van der Waals surface area contributed by atoms with E-state index in [0.29, 0.717) is 5.92 Å². The van der Waals surface area contributed by atoms with Crippen molar-refractivity contribution in [2.45, 2.75) is 33.3 Å². The van der Waals surface area contributed by atoms with Gasteiger partial charge in [-0.3, -0.25) is 0 Å². The second kappa shape index (κ2) is 4.80. The molecule has 0 spiro atoms. The second-order valence-electron chi connectivity index (χ2n) is 2.38. The van der Waals surface area contributed by atoms with Gasteiger partial charge in [0.25, 0.3) is 0 Å². The van der Waals surface area contributed by atoms with Crippen LogP contribution in [0.25, 0.3) is 0 Å². The van der Waals surface area contributed by atoms with Gasteiger partial charge in [0.15, 0.2) is 0 Å². The summed E-state index contributed by atoms with van der Waals surface area (Å²) in [6.45, 7) is 11.0. The van der Waals surface area contributed by atoms with E-state index in [1.807, 2.05) is 6.92 Å². The maximum atomic E-state index is 5.28. The molecule has 1 heteroatoms. The van der Waals surface area contributed by atoms with Crippen LogP contribution in [-0.4, -0.2) is 12.7 Å². The van der Waals surface area contributed by atoms with Crippen LogP contribution in [0.4, 0.5) is 0 Å². The van der Waals surface area contributed by atoms with Crippen LogP contribution in [0.1, 0.15) is 27.2 Å². The minimum atomic E-state index is 0.181. The summed E-state index contributed by atoms with van der Waals surface area (Å²) in [5.74, 6) is 0.588. The molecule has 0 fully saturated rings. The number of rotatable bonds is 4. The highest BCUT2D eigenvalue weighted by Crippen LogP contribution is 2.09. The van der Waals surface area contributed by atoms with Crippen LogP contribution in [0, 0.1) is 12.8 Å². The van der Waals surface area contributed by atoms with E-state index in [-0.39, 0.29) is 6.10 Å². The molecule has 0 aliphatic carbocycles. The van der Waals surface area contributed by atoms with Crippen LogP contribution >= 0.6 is 0 Å². The molecule has 0 heterocycles. The Morgan fingerprint density at radius 2 is 2.00 bits per heavy atom. The van der Waals surface area contributed by atoms with Gasteiger partial charge in [-0.15, -0.1) is 0 Å².